The zero-order valence-corrected chi connectivity index (χ0v) is 24.4. The van der Waals surface area contributed by atoms with Crippen LogP contribution < -0.4 is 7.85 Å². The summed E-state index contributed by atoms with van der Waals surface area (Å²) in [5.74, 6) is 1.41. The van der Waals surface area contributed by atoms with Gasteiger partial charge in [-0.1, -0.05) is 121 Å². The first-order chi connectivity index (χ1) is 19.7. The maximum Gasteiger partial charge on any atom is 0.188 e. The average molecular weight is 646 g/mol. The molecule has 0 unspecified atom stereocenters. The predicted octanol–water partition coefficient (Wildman–Crippen LogP) is 10.4. The fraction of sp³-hybridized carbons (Fsp3) is 0. The Bertz CT molecular complexity index is 1540. The first-order valence-electron chi connectivity index (χ1n) is 12.9. The lowest BCUT2D eigenvalue weighted by molar-refractivity contribution is 1.14. The smallest absolute Gasteiger partial charge is 0.188 e. The van der Waals surface area contributed by atoms with Crippen molar-refractivity contribution in [1.29, 1.82) is 0 Å². The third-order valence-corrected chi connectivity index (χ3v) is 8.47. The Labute approximate surface area is 250 Å². The molecule has 40 heavy (non-hydrogen) atoms. The van der Waals surface area contributed by atoms with Crippen molar-refractivity contribution in [2.24, 2.45) is 0 Å². The van der Waals surface area contributed by atoms with Crippen molar-refractivity contribution >= 4 is 55.3 Å². The summed E-state index contributed by atoms with van der Waals surface area (Å²) < 4.78 is 3.93. The molecule has 1 aliphatic heterocycles. The van der Waals surface area contributed by atoms with Crippen LogP contribution in [0.15, 0.2) is 133 Å². The zero-order valence-electron chi connectivity index (χ0n) is 21.2. The maximum atomic E-state index is 5.22. The van der Waals surface area contributed by atoms with Gasteiger partial charge in [0.05, 0.1) is 55.1 Å². The SMILES string of the molecule is BrN1c2cc(-c3ccccc3)c(-c3ccccc3)cc2N(Br)c2nc(-c3ccccc3)c(-c3ccccc3)nc21. The fourth-order valence-corrected chi connectivity index (χ4v) is 6.15. The Morgan fingerprint density at radius 1 is 0.400 bits per heavy atom. The second-order valence-corrected chi connectivity index (χ2v) is 10.9. The van der Waals surface area contributed by atoms with Gasteiger partial charge in [-0.3, -0.25) is 7.85 Å². The standard InChI is InChI=1S/C34H22Br2N4/c35-39-29-21-27(23-13-5-1-6-14-23)28(24-15-7-2-8-16-24)22-30(29)40(36)34-33(39)37-31(25-17-9-3-10-18-25)32(38-34)26-19-11-4-12-20-26/h1-22H. The first kappa shape index (κ1) is 24.8. The fourth-order valence-electron chi connectivity index (χ4n) is 5.11. The highest BCUT2D eigenvalue weighted by molar-refractivity contribution is 9.10. The molecule has 1 aromatic heterocycles. The highest BCUT2D eigenvalue weighted by Crippen LogP contribution is 2.53. The number of fused-ring (bicyclic) bond motifs is 2. The van der Waals surface area contributed by atoms with Gasteiger partial charge in [0.1, 0.15) is 0 Å². The summed E-state index contributed by atoms with van der Waals surface area (Å²) in [4.78, 5) is 10.4. The molecule has 6 heteroatoms. The van der Waals surface area contributed by atoms with Crippen molar-refractivity contribution in [3.63, 3.8) is 0 Å². The second kappa shape index (κ2) is 10.4. The molecule has 4 nitrogen and oxygen atoms in total. The van der Waals surface area contributed by atoms with Crippen LogP contribution in [-0.4, -0.2) is 9.97 Å². The Balaban J connectivity index is 1.46. The molecule has 7 rings (SSSR count). The normalized spacial score (nSPS) is 12.2. The van der Waals surface area contributed by atoms with Crippen LogP contribution in [0.1, 0.15) is 0 Å². The molecule has 0 radical (unpaired) electrons. The monoisotopic (exact) mass is 644 g/mol. The lowest BCUT2D eigenvalue weighted by Gasteiger charge is -2.33. The minimum atomic E-state index is 0.703. The molecule has 0 N–H and O–H groups in total. The molecule has 1 aliphatic rings. The molecule has 192 valence electrons. The van der Waals surface area contributed by atoms with Crippen LogP contribution in [0.2, 0.25) is 0 Å². The molecule has 6 aromatic rings. The van der Waals surface area contributed by atoms with E-state index in [1.165, 1.54) is 0 Å². The summed E-state index contributed by atoms with van der Waals surface area (Å²) in [6.07, 6.45) is 0. The number of hydrogen-bond donors (Lipinski definition) is 0. The van der Waals surface area contributed by atoms with Crippen molar-refractivity contribution < 1.29 is 0 Å². The molecular formula is C34H22Br2N4. The van der Waals surface area contributed by atoms with Crippen molar-refractivity contribution in [1.82, 2.24) is 9.97 Å². The number of nitrogens with zero attached hydrogens (tertiary/aromatic N) is 4. The molecule has 0 bridgehead atoms. The van der Waals surface area contributed by atoms with E-state index in [4.69, 9.17) is 9.97 Å². The topological polar surface area (TPSA) is 32.3 Å². The zero-order chi connectivity index (χ0) is 27.1. The van der Waals surface area contributed by atoms with Crippen LogP contribution in [0.4, 0.5) is 23.0 Å². The molecule has 0 saturated carbocycles. The molecule has 0 saturated heterocycles. The molecule has 2 heterocycles. The minimum absolute atomic E-state index is 0.703. The van der Waals surface area contributed by atoms with Gasteiger partial charge in [-0.2, -0.15) is 0 Å². The van der Waals surface area contributed by atoms with Gasteiger partial charge in [-0.05, 0) is 34.4 Å². The largest absolute Gasteiger partial charge is 0.255 e. The van der Waals surface area contributed by atoms with Crippen LogP contribution in [0.3, 0.4) is 0 Å². The van der Waals surface area contributed by atoms with Gasteiger partial charge in [-0.15, -0.1) is 0 Å². The van der Waals surface area contributed by atoms with Crippen LogP contribution in [0.25, 0.3) is 44.8 Å². The van der Waals surface area contributed by atoms with Gasteiger partial charge in [0, 0.05) is 11.1 Å². The number of halogens is 2. The van der Waals surface area contributed by atoms with Crippen molar-refractivity contribution in [2.45, 2.75) is 0 Å². The van der Waals surface area contributed by atoms with E-state index >= 15 is 0 Å². The minimum Gasteiger partial charge on any atom is -0.255 e. The van der Waals surface area contributed by atoms with Gasteiger partial charge in [0.15, 0.2) is 11.6 Å². The Kier molecular flexibility index (Phi) is 6.42. The molecular weight excluding hydrogens is 624 g/mol. The van der Waals surface area contributed by atoms with Gasteiger partial charge in [0.25, 0.3) is 0 Å². The lowest BCUT2D eigenvalue weighted by Crippen LogP contribution is -2.20. The summed E-state index contributed by atoms with van der Waals surface area (Å²) in [5.41, 5.74) is 10.1. The molecule has 0 amide bonds. The van der Waals surface area contributed by atoms with Crippen LogP contribution in [-0.2, 0) is 0 Å². The predicted molar refractivity (Wildman–Crippen MR) is 172 cm³/mol. The Morgan fingerprint density at radius 3 is 1.02 bits per heavy atom. The number of rotatable bonds is 4. The molecule has 0 atom stereocenters. The molecule has 5 aromatic carbocycles. The summed E-state index contributed by atoms with van der Waals surface area (Å²) in [6.45, 7) is 0. The number of aromatic nitrogens is 2. The van der Waals surface area contributed by atoms with Crippen LogP contribution in [0, 0.1) is 0 Å². The lowest BCUT2D eigenvalue weighted by atomic mass is 9.93. The number of anilines is 4. The van der Waals surface area contributed by atoms with Crippen molar-refractivity contribution in [3.8, 4) is 44.8 Å². The van der Waals surface area contributed by atoms with Crippen molar-refractivity contribution in [3.05, 3.63) is 133 Å². The molecule has 0 spiro atoms. The summed E-state index contributed by atoms with van der Waals surface area (Å²) in [6, 6.07) is 45.8. The molecule has 0 fully saturated rings. The Hall–Kier alpha value is -4.26. The van der Waals surface area contributed by atoms with E-state index in [-0.39, 0.29) is 0 Å². The van der Waals surface area contributed by atoms with E-state index < -0.39 is 0 Å². The van der Waals surface area contributed by atoms with Crippen molar-refractivity contribution in [2.75, 3.05) is 7.85 Å². The summed E-state index contributed by atoms with van der Waals surface area (Å²) in [5, 5.41) is 0. The van der Waals surface area contributed by atoms with E-state index in [1.54, 1.807) is 0 Å². The highest BCUT2D eigenvalue weighted by Gasteiger charge is 2.32. The van der Waals surface area contributed by atoms with Crippen LogP contribution >= 0.6 is 32.3 Å². The van der Waals surface area contributed by atoms with Gasteiger partial charge < -0.3 is 0 Å². The summed E-state index contributed by atoms with van der Waals surface area (Å²) >= 11 is 7.74. The van der Waals surface area contributed by atoms with Crippen LogP contribution in [0.5, 0.6) is 0 Å². The van der Waals surface area contributed by atoms with E-state index in [2.05, 4.69) is 117 Å². The number of hydrogen-bond acceptors (Lipinski definition) is 4. The molecule has 0 aliphatic carbocycles. The number of benzene rings is 5. The third kappa shape index (κ3) is 4.30. The highest BCUT2D eigenvalue weighted by atomic mass is 79.9. The summed E-state index contributed by atoms with van der Waals surface area (Å²) in [7, 11) is 0. The average Bonchev–Trinajstić information content (AvgIpc) is 3.04. The quantitative estimate of drug-likeness (QED) is 0.179. The first-order valence-corrected chi connectivity index (χ1v) is 14.3. The maximum absolute atomic E-state index is 5.22. The Morgan fingerprint density at radius 2 is 0.700 bits per heavy atom. The third-order valence-electron chi connectivity index (χ3n) is 7.03. The van der Waals surface area contributed by atoms with E-state index in [0.717, 1.165) is 56.1 Å². The van der Waals surface area contributed by atoms with Gasteiger partial charge >= 0.3 is 0 Å². The van der Waals surface area contributed by atoms with E-state index in [9.17, 15) is 0 Å². The van der Waals surface area contributed by atoms with E-state index in [1.807, 2.05) is 56.4 Å². The second-order valence-electron chi connectivity index (χ2n) is 9.48. The van der Waals surface area contributed by atoms with Gasteiger partial charge in [0.2, 0.25) is 0 Å². The van der Waals surface area contributed by atoms with E-state index in [0.29, 0.717) is 11.6 Å². The van der Waals surface area contributed by atoms with Gasteiger partial charge in [-0.25, -0.2) is 9.97 Å².